The van der Waals surface area contributed by atoms with E-state index in [1.807, 2.05) is 24.7 Å². The first-order valence-electron chi connectivity index (χ1n) is 9.74. The molecule has 26 heavy (non-hydrogen) atoms. The molecular weight excluding hydrogens is 324 g/mol. The van der Waals surface area contributed by atoms with Gasteiger partial charge >= 0.3 is 0 Å². The van der Waals surface area contributed by atoms with Crippen molar-refractivity contribution in [2.75, 3.05) is 19.6 Å². The van der Waals surface area contributed by atoms with Gasteiger partial charge in [-0.25, -0.2) is 5.43 Å². The summed E-state index contributed by atoms with van der Waals surface area (Å²) in [7, 11) is 0. The van der Waals surface area contributed by atoms with Gasteiger partial charge in [-0.1, -0.05) is 19.1 Å². The largest absolute Gasteiger partial charge is 0.303 e. The molecule has 1 aromatic heterocycles. The highest BCUT2D eigenvalue weighted by molar-refractivity contribution is 5.82. The molecule has 2 aromatic rings. The number of rotatable bonds is 5. The minimum atomic E-state index is 0.164. The van der Waals surface area contributed by atoms with Crippen molar-refractivity contribution in [2.24, 2.45) is 5.92 Å². The fourth-order valence-corrected chi connectivity index (χ4v) is 4.36. The van der Waals surface area contributed by atoms with Crippen LogP contribution in [0.5, 0.6) is 0 Å². The number of piperidine rings is 1. The zero-order valence-electron chi connectivity index (χ0n) is 15.4. The molecule has 138 valence electrons. The highest BCUT2D eigenvalue weighted by atomic mass is 16.5. The number of aromatic nitrogens is 1. The molecule has 0 amide bonds. The van der Waals surface area contributed by atoms with Crippen molar-refractivity contribution in [3.05, 3.63) is 54.0 Å². The van der Waals surface area contributed by atoms with Crippen LogP contribution in [-0.2, 0) is 6.42 Å². The van der Waals surface area contributed by atoms with E-state index < -0.39 is 0 Å². The number of hydroxylamine groups is 1. The Morgan fingerprint density at radius 2 is 2.04 bits per heavy atom. The third kappa shape index (κ3) is 3.75. The maximum atomic E-state index is 10.0. The molecule has 1 saturated heterocycles. The Balaban J connectivity index is 1.46. The van der Waals surface area contributed by atoms with Gasteiger partial charge in [0.15, 0.2) is 0 Å². The first kappa shape index (κ1) is 17.5. The summed E-state index contributed by atoms with van der Waals surface area (Å²) in [6, 6.07) is 8.76. The van der Waals surface area contributed by atoms with Gasteiger partial charge in [0.1, 0.15) is 0 Å². The average Bonchev–Trinajstić information content (AvgIpc) is 3.03. The highest BCUT2D eigenvalue weighted by Crippen LogP contribution is 2.31. The van der Waals surface area contributed by atoms with Crippen LogP contribution in [0.15, 0.2) is 48.4 Å². The van der Waals surface area contributed by atoms with Gasteiger partial charge < -0.3 is 4.90 Å². The van der Waals surface area contributed by atoms with Crippen LogP contribution in [0, 0.1) is 5.92 Å². The fourth-order valence-electron chi connectivity index (χ4n) is 4.36. The molecule has 0 saturated carbocycles. The standard InChI is InChI=1S/C21H28N4O/c1-2-9-24-10-6-18(7-11-24)20-15-25(26)23-21(20)13-16-3-4-17-5-8-22-14-19(17)12-16/h3-5,8,12,14-15,18,21,23,26H,2,6-7,9-11,13H2,1H3. The van der Waals surface area contributed by atoms with Crippen molar-refractivity contribution >= 4 is 10.8 Å². The van der Waals surface area contributed by atoms with Gasteiger partial charge in [0, 0.05) is 24.0 Å². The maximum Gasteiger partial charge on any atom is 0.0556 e. The van der Waals surface area contributed by atoms with Crippen LogP contribution in [-0.4, -0.2) is 45.9 Å². The normalized spacial score (nSPS) is 22.2. The molecule has 1 unspecified atom stereocenters. The zero-order valence-corrected chi connectivity index (χ0v) is 15.4. The number of nitrogens with zero attached hydrogens (tertiary/aromatic N) is 3. The first-order valence-corrected chi connectivity index (χ1v) is 9.74. The van der Waals surface area contributed by atoms with E-state index in [1.54, 1.807) is 0 Å². The summed E-state index contributed by atoms with van der Waals surface area (Å²) in [6.45, 7) is 5.77. The molecular formula is C21H28N4O. The van der Waals surface area contributed by atoms with Gasteiger partial charge in [0.2, 0.25) is 0 Å². The lowest BCUT2D eigenvalue weighted by Crippen LogP contribution is -2.39. The molecule has 5 nitrogen and oxygen atoms in total. The van der Waals surface area contributed by atoms with Crippen molar-refractivity contribution < 1.29 is 5.21 Å². The van der Waals surface area contributed by atoms with Gasteiger partial charge in [-0.15, -0.1) is 0 Å². The van der Waals surface area contributed by atoms with E-state index >= 15 is 0 Å². The van der Waals surface area contributed by atoms with Crippen molar-refractivity contribution in [3.8, 4) is 0 Å². The van der Waals surface area contributed by atoms with E-state index in [9.17, 15) is 5.21 Å². The second-order valence-electron chi connectivity index (χ2n) is 7.53. The van der Waals surface area contributed by atoms with Crippen LogP contribution in [0.3, 0.4) is 0 Å². The second-order valence-corrected chi connectivity index (χ2v) is 7.53. The minimum Gasteiger partial charge on any atom is -0.303 e. The summed E-state index contributed by atoms with van der Waals surface area (Å²) in [5, 5.41) is 13.5. The molecule has 2 N–H and O–H groups in total. The van der Waals surface area contributed by atoms with E-state index in [0.717, 1.165) is 24.7 Å². The van der Waals surface area contributed by atoms with Crippen molar-refractivity contribution in [1.82, 2.24) is 20.5 Å². The van der Waals surface area contributed by atoms with E-state index in [-0.39, 0.29) is 6.04 Å². The summed E-state index contributed by atoms with van der Waals surface area (Å²) >= 11 is 0. The lowest BCUT2D eigenvalue weighted by molar-refractivity contribution is -0.0839. The van der Waals surface area contributed by atoms with E-state index in [0.29, 0.717) is 5.92 Å². The molecule has 1 aromatic carbocycles. The van der Waals surface area contributed by atoms with Gasteiger partial charge in [-0.2, -0.15) is 5.17 Å². The number of hydrogen-bond acceptors (Lipinski definition) is 5. The van der Waals surface area contributed by atoms with Crippen molar-refractivity contribution in [3.63, 3.8) is 0 Å². The SMILES string of the molecule is CCCN1CCC(C2=CN(O)NC2Cc2ccc3ccncc3c2)CC1. The van der Waals surface area contributed by atoms with E-state index in [4.69, 9.17) is 0 Å². The highest BCUT2D eigenvalue weighted by Gasteiger charge is 2.31. The monoisotopic (exact) mass is 352 g/mol. The van der Waals surface area contributed by atoms with Crippen LogP contribution < -0.4 is 5.43 Å². The summed E-state index contributed by atoms with van der Waals surface area (Å²) in [5.74, 6) is 0.555. The average molecular weight is 352 g/mol. The molecule has 0 aliphatic carbocycles. The van der Waals surface area contributed by atoms with Gasteiger partial charge in [-0.05, 0) is 79.9 Å². The molecule has 5 heteroatoms. The smallest absolute Gasteiger partial charge is 0.0556 e. The Bertz CT molecular complexity index is 782. The molecule has 3 heterocycles. The summed E-state index contributed by atoms with van der Waals surface area (Å²) in [6.07, 6.45) is 10.1. The molecule has 0 spiro atoms. The fraction of sp³-hybridized carbons (Fsp3) is 0.476. The lowest BCUT2D eigenvalue weighted by atomic mass is 9.84. The molecule has 0 radical (unpaired) electrons. The topological polar surface area (TPSA) is 51.6 Å². The summed E-state index contributed by atoms with van der Waals surface area (Å²) in [4.78, 5) is 6.79. The van der Waals surface area contributed by atoms with Gasteiger partial charge in [-0.3, -0.25) is 10.2 Å². The Morgan fingerprint density at radius 1 is 1.19 bits per heavy atom. The summed E-state index contributed by atoms with van der Waals surface area (Å²) in [5.41, 5.74) is 5.81. The molecule has 1 fully saturated rings. The number of fused-ring (bicyclic) bond motifs is 1. The van der Waals surface area contributed by atoms with Gasteiger partial charge in [0.25, 0.3) is 0 Å². The third-order valence-electron chi connectivity index (χ3n) is 5.71. The maximum absolute atomic E-state index is 10.0. The molecule has 2 aliphatic heterocycles. The Morgan fingerprint density at radius 3 is 2.85 bits per heavy atom. The van der Waals surface area contributed by atoms with Gasteiger partial charge in [0.05, 0.1) is 6.04 Å². The number of benzene rings is 1. The Labute approximate surface area is 155 Å². The third-order valence-corrected chi connectivity index (χ3v) is 5.71. The van der Waals surface area contributed by atoms with Crippen LogP contribution in [0.25, 0.3) is 10.8 Å². The predicted octanol–water partition coefficient (Wildman–Crippen LogP) is 3.36. The minimum absolute atomic E-state index is 0.164. The van der Waals surface area contributed by atoms with E-state index in [1.165, 1.54) is 47.7 Å². The lowest BCUT2D eigenvalue weighted by Gasteiger charge is -2.33. The number of likely N-dealkylation sites (tertiary alicyclic amines) is 1. The van der Waals surface area contributed by atoms with E-state index in [2.05, 4.69) is 40.4 Å². The summed E-state index contributed by atoms with van der Waals surface area (Å²) < 4.78 is 0. The second kappa shape index (κ2) is 7.74. The van der Waals surface area contributed by atoms with Crippen molar-refractivity contribution in [2.45, 2.75) is 38.6 Å². The number of pyridine rings is 1. The Kier molecular flexibility index (Phi) is 5.20. The zero-order chi connectivity index (χ0) is 17.9. The molecule has 2 aliphatic rings. The van der Waals surface area contributed by atoms with Crippen molar-refractivity contribution in [1.29, 1.82) is 0 Å². The predicted molar refractivity (Wildman–Crippen MR) is 104 cm³/mol. The number of nitrogens with one attached hydrogen (secondary N) is 1. The number of hydrazine groups is 1. The quantitative estimate of drug-likeness (QED) is 0.864. The Hall–Kier alpha value is -1.95. The number of hydrogen-bond donors (Lipinski definition) is 2. The van der Waals surface area contributed by atoms with Crippen LogP contribution in [0.2, 0.25) is 0 Å². The van der Waals surface area contributed by atoms with Crippen LogP contribution in [0.4, 0.5) is 0 Å². The first-order chi connectivity index (χ1) is 12.7. The molecule has 4 rings (SSSR count). The molecule has 0 bridgehead atoms. The van der Waals surface area contributed by atoms with Crippen LogP contribution >= 0.6 is 0 Å². The van der Waals surface area contributed by atoms with Crippen LogP contribution in [0.1, 0.15) is 31.7 Å². The molecule has 1 atom stereocenters.